The normalized spacial score (nSPS) is 18.1. The van der Waals surface area contributed by atoms with Gasteiger partial charge in [-0.15, -0.1) is 46.2 Å². The van der Waals surface area contributed by atoms with E-state index in [0.29, 0.717) is 31.6 Å². The Hall–Kier alpha value is -3.20. The first-order valence-electron chi connectivity index (χ1n) is 10.3. The number of thioether (sulfide) groups is 2. The summed E-state index contributed by atoms with van der Waals surface area (Å²) in [4.78, 5) is 38.7. The second-order valence-corrected chi connectivity index (χ2v) is 11.6. The maximum Gasteiger partial charge on any atom is 0.329 e. The van der Waals surface area contributed by atoms with Gasteiger partial charge in [-0.2, -0.15) is 0 Å². The van der Waals surface area contributed by atoms with Crippen LogP contribution in [0.25, 0.3) is 20.4 Å². The topological polar surface area (TPSA) is 166 Å². The lowest BCUT2D eigenvalue weighted by atomic mass is 10.3. The number of phenolic OH excluding ortho intramolecular Hbond substituents is 2. The molecule has 0 aliphatic carbocycles. The molecule has 2 aromatic carbocycles. The molecule has 2 aromatic heterocycles. The zero-order valence-electron chi connectivity index (χ0n) is 18.1. The van der Waals surface area contributed by atoms with Crippen LogP contribution in [0.15, 0.2) is 46.4 Å². The van der Waals surface area contributed by atoms with Crippen LogP contribution in [-0.4, -0.2) is 76.0 Å². The lowest BCUT2D eigenvalue weighted by Crippen LogP contribution is -2.17. The van der Waals surface area contributed by atoms with Gasteiger partial charge in [-0.25, -0.2) is 19.6 Å². The molecule has 6 rings (SSSR count). The summed E-state index contributed by atoms with van der Waals surface area (Å²) in [6.45, 7) is 0. The van der Waals surface area contributed by atoms with Crippen molar-refractivity contribution in [1.82, 2.24) is 9.97 Å². The van der Waals surface area contributed by atoms with Gasteiger partial charge < -0.3 is 20.4 Å². The lowest BCUT2D eigenvalue weighted by molar-refractivity contribution is -0.138. The first-order chi connectivity index (χ1) is 17.3. The third-order valence-corrected chi connectivity index (χ3v) is 9.40. The Kier molecular flexibility index (Phi) is 9.35. The molecule has 4 aromatic rings. The Bertz CT molecular complexity index is 1450. The van der Waals surface area contributed by atoms with Crippen LogP contribution in [0, 0.1) is 0 Å². The maximum atomic E-state index is 10.8. The van der Waals surface area contributed by atoms with E-state index in [1.807, 2.05) is 0 Å². The van der Waals surface area contributed by atoms with E-state index in [0.717, 1.165) is 20.4 Å². The number of carbonyl (C=O) groups is 2. The van der Waals surface area contributed by atoms with Gasteiger partial charge in [0.05, 0.1) is 20.4 Å². The van der Waals surface area contributed by atoms with Crippen LogP contribution < -0.4 is 0 Å². The molecular weight excluding hydrogens is 569 g/mol. The van der Waals surface area contributed by atoms with E-state index in [-0.39, 0.29) is 26.4 Å². The summed E-state index contributed by atoms with van der Waals surface area (Å²) in [5.41, 5.74) is 1.57. The highest BCUT2D eigenvalue weighted by molar-refractivity contribution is 8.15. The number of aliphatic carboxylic acids is 2. The number of rotatable bonds is 4. The largest absolute Gasteiger partial charge is 0.508 e. The van der Waals surface area contributed by atoms with Crippen molar-refractivity contribution >= 4 is 88.7 Å². The molecule has 38 heavy (non-hydrogen) atoms. The summed E-state index contributed by atoms with van der Waals surface area (Å²) in [7, 11) is 0. The Labute approximate surface area is 234 Å². The van der Waals surface area contributed by atoms with Gasteiger partial charge in [-0.1, -0.05) is 14.9 Å². The second kappa shape index (κ2) is 12.1. The molecule has 0 saturated heterocycles. The predicted molar refractivity (Wildman–Crippen MR) is 157 cm³/mol. The number of hydrogen-bond acceptors (Lipinski definition) is 12. The minimum absolute atomic E-state index is 0. The van der Waals surface area contributed by atoms with E-state index in [4.69, 9.17) is 10.2 Å². The molecule has 0 radical (unpaired) electrons. The monoisotopic (exact) mass is 592 g/mol. The van der Waals surface area contributed by atoms with Crippen molar-refractivity contribution in [2.24, 2.45) is 9.98 Å². The zero-order valence-corrected chi connectivity index (χ0v) is 21.3. The van der Waals surface area contributed by atoms with Crippen molar-refractivity contribution in [3.05, 3.63) is 46.4 Å². The molecule has 2 aliphatic heterocycles. The summed E-state index contributed by atoms with van der Waals surface area (Å²) < 4.78 is 1.74. The van der Waals surface area contributed by atoms with E-state index < -0.39 is 24.0 Å². The fourth-order valence-electron chi connectivity index (χ4n) is 3.24. The molecule has 0 spiro atoms. The molecule has 0 saturated carbocycles. The van der Waals surface area contributed by atoms with Gasteiger partial charge in [0.25, 0.3) is 0 Å². The molecular formula is C24H24N4O6S4. The average Bonchev–Trinajstić information content (AvgIpc) is 3.63. The molecule has 2 atom stereocenters. The fraction of sp³-hybridized carbons (Fsp3) is 0.250. The third-order valence-electron chi connectivity index (χ3n) is 4.98. The SMILES string of the molecule is C.C.O=C(O)C1CSC(c2nc3ccc(O)cc3s2)=N1.O=C(O)C1CSC(c2nc3ccc(O)cc3s2)=N1. The first kappa shape index (κ1) is 29.4. The zero-order chi connectivity index (χ0) is 25.4. The van der Waals surface area contributed by atoms with Crippen LogP contribution in [0.5, 0.6) is 11.5 Å². The van der Waals surface area contributed by atoms with E-state index >= 15 is 0 Å². The summed E-state index contributed by atoms with van der Waals surface area (Å²) >= 11 is 5.63. The summed E-state index contributed by atoms with van der Waals surface area (Å²) in [5, 5.41) is 39.3. The molecule has 2 unspecified atom stereocenters. The highest BCUT2D eigenvalue weighted by Gasteiger charge is 2.27. The summed E-state index contributed by atoms with van der Waals surface area (Å²) in [6.07, 6.45) is 0. The van der Waals surface area contributed by atoms with Crippen molar-refractivity contribution in [2.75, 3.05) is 11.5 Å². The number of benzene rings is 2. The molecule has 2 aliphatic rings. The highest BCUT2D eigenvalue weighted by atomic mass is 32.2. The molecule has 0 amide bonds. The molecule has 10 nitrogen and oxygen atoms in total. The fourth-order valence-corrected chi connectivity index (χ4v) is 7.44. The van der Waals surface area contributed by atoms with E-state index in [1.165, 1.54) is 46.2 Å². The molecule has 0 fully saturated rings. The quantitative estimate of drug-likeness (QED) is 0.248. The smallest absolute Gasteiger partial charge is 0.329 e. The van der Waals surface area contributed by atoms with E-state index in [9.17, 15) is 19.8 Å². The number of aromatic nitrogens is 2. The predicted octanol–water partition coefficient (Wildman–Crippen LogP) is 5.17. The van der Waals surface area contributed by atoms with Crippen LogP contribution in [0.2, 0.25) is 0 Å². The van der Waals surface area contributed by atoms with Crippen LogP contribution >= 0.6 is 46.2 Å². The molecule has 200 valence electrons. The average molecular weight is 593 g/mol. The van der Waals surface area contributed by atoms with E-state index in [2.05, 4.69) is 20.0 Å². The number of carboxylic acid groups (broad SMARTS) is 2. The minimum atomic E-state index is -0.906. The van der Waals surface area contributed by atoms with Gasteiger partial charge in [0.2, 0.25) is 0 Å². The van der Waals surface area contributed by atoms with Crippen molar-refractivity contribution in [2.45, 2.75) is 26.9 Å². The van der Waals surface area contributed by atoms with Gasteiger partial charge in [-0.3, -0.25) is 9.98 Å². The number of fused-ring (bicyclic) bond motifs is 2. The number of aliphatic imine (C=N–C) groups is 2. The molecule has 14 heteroatoms. The Morgan fingerprint density at radius 3 is 1.45 bits per heavy atom. The van der Waals surface area contributed by atoms with Gasteiger partial charge in [0.1, 0.15) is 31.6 Å². The Morgan fingerprint density at radius 1 is 0.711 bits per heavy atom. The second-order valence-electron chi connectivity index (χ2n) is 7.54. The first-order valence-corrected chi connectivity index (χ1v) is 13.9. The number of carboxylic acids is 2. The summed E-state index contributed by atoms with van der Waals surface area (Å²) in [6, 6.07) is 8.57. The van der Waals surface area contributed by atoms with Crippen molar-refractivity contribution in [3.8, 4) is 11.5 Å². The number of hydrogen-bond donors (Lipinski definition) is 4. The third kappa shape index (κ3) is 6.26. The number of aromatic hydroxyl groups is 2. The van der Waals surface area contributed by atoms with Crippen LogP contribution in [0.1, 0.15) is 24.9 Å². The summed E-state index contributed by atoms with van der Waals surface area (Å²) in [5.74, 6) is -0.519. The molecule has 4 heterocycles. The number of phenols is 2. The standard InChI is InChI=1S/2C11H8N2O3S2.2CH4/c2*14-5-1-2-6-8(3-5)18-10(12-6)9-13-7(4-17-9)11(15)16;;/h2*1-3,7,14H,4H2,(H,15,16);2*1H4. The van der Waals surface area contributed by atoms with Gasteiger partial charge >= 0.3 is 11.9 Å². The Balaban J connectivity index is 0.000000200. The van der Waals surface area contributed by atoms with Crippen LogP contribution in [-0.2, 0) is 9.59 Å². The molecule has 0 bridgehead atoms. The van der Waals surface area contributed by atoms with Gasteiger partial charge in [0.15, 0.2) is 12.1 Å². The van der Waals surface area contributed by atoms with Crippen molar-refractivity contribution < 1.29 is 30.0 Å². The van der Waals surface area contributed by atoms with Gasteiger partial charge in [-0.05, 0) is 36.4 Å². The Morgan fingerprint density at radius 2 is 1.11 bits per heavy atom. The lowest BCUT2D eigenvalue weighted by Gasteiger charge is -1.93. The van der Waals surface area contributed by atoms with Crippen molar-refractivity contribution in [3.63, 3.8) is 0 Å². The minimum Gasteiger partial charge on any atom is -0.508 e. The maximum absolute atomic E-state index is 10.8. The number of nitrogens with zero attached hydrogens (tertiary/aromatic N) is 4. The van der Waals surface area contributed by atoms with Crippen molar-refractivity contribution in [1.29, 1.82) is 0 Å². The highest BCUT2D eigenvalue weighted by Crippen LogP contribution is 2.32. The number of thiazole rings is 2. The van der Waals surface area contributed by atoms with Crippen LogP contribution in [0.3, 0.4) is 0 Å². The van der Waals surface area contributed by atoms with Crippen LogP contribution in [0.4, 0.5) is 0 Å². The van der Waals surface area contributed by atoms with E-state index in [1.54, 1.807) is 36.4 Å². The molecule has 4 N–H and O–H groups in total. The van der Waals surface area contributed by atoms with Gasteiger partial charge in [0, 0.05) is 11.5 Å².